The van der Waals surface area contributed by atoms with Gasteiger partial charge in [-0.1, -0.05) is 91.0 Å². The van der Waals surface area contributed by atoms with Gasteiger partial charge in [0.15, 0.2) is 5.78 Å². The summed E-state index contributed by atoms with van der Waals surface area (Å²) in [6.07, 6.45) is 7.33. The minimum atomic E-state index is -0.646. The van der Waals surface area contributed by atoms with Gasteiger partial charge in [0.05, 0.1) is 0 Å². The lowest BCUT2D eigenvalue weighted by atomic mass is 9.85. The molecule has 0 saturated heterocycles. The van der Waals surface area contributed by atoms with Gasteiger partial charge in [0, 0.05) is 17.8 Å². The van der Waals surface area contributed by atoms with Crippen LogP contribution in [0.25, 0.3) is 6.08 Å². The van der Waals surface area contributed by atoms with Crippen LogP contribution < -0.4 is 4.90 Å². The SMILES string of the molecule is C=CC[C@]1(C/C=C\c2ccccc2)C(=O)c2ccccc2N1Cc1ccccc1. The number of carbonyl (C=O) groups excluding carboxylic acids is 1. The molecule has 0 amide bonds. The first-order chi connectivity index (χ1) is 14.2. The molecule has 4 rings (SSSR count). The molecule has 3 aromatic rings. The average Bonchev–Trinajstić information content (AvgIpc) is 2.99. The molecular weight excluding hydrogens is 354 g/mol. The van der Waals surface area contributed by atoms with Crippen LogP contribution in [0.1, 0.15) is 34.3 Å². The van der Waals surface area contributed by atoms with Crippen molar-refractivity contribution in [1.82, 2.24) is 0 Å². The van der Waals surface area contributed by atoms with Crippen LogP contribution >= 0.6 is 0 Å². The van der Waals surface area contributed by atoms with Crippen molar-refractivity contribution < 1.29 is 4.79 Å². The Kier molecular flexibility index (Phi) is 5.44. The fourth-order valence-corrected chi connectivity index (χ4v) is 4.19. The molecule has 0 N–H and O–H groups in total. The van der Waals surface area contributed by atoms with E-state index in [0.717, 1.165) is 16.8 Å². The van der Waals surface area contributed by atoms with E-state index in [1.165, 1.54) is 5.56 Å². The maximum atomic E-state index is 13.6. The van der Waals surface area contributed by atoms with E-state index in [-0.39, 0.29) is 5.78 Å². The van der Waals surface area contributed by atoms with E-state index in [9.17, 15) is 4.79 Å². The zero-order valence-corrected chi connectivity index (χ0v) is 16.5. The molecule has 0 aromatic heterocycles. The minimum absolute atomic E-state index is 0.182. The molecule has 3 aromatic carbocycles. The number of anilines is 1. The fourth-order valence-electron chi connectivity index (χ4n) is 4.19. The Morgan fingerprint density at radius 3 is 2.21 bits per heavy atom. The van der Waals surface area contributed by atoms with Gasteiger partial charge >= 0.3 is 0 Å². The predicted molar refractivity (Wildman–Crippen MR) is 121 cm³/mol. The van der Waals surface area contributed by atoms with Gasteiger partial charge in [-0.05, 0) is 36.1 Å². The molecule has 29 heavy (non-hydrogen) atoms. The van der Waals surface area contributed by atoms with Crippen LogP contribution in [0.3, 0.4) is 0 Å². The number of rotatable bonds is 7. The van der Waals surface area contributed by atoms with E-state index < -0.39 is 5.54 Å². The monoisotopic (exact) mass is 379 g/mol. The van der Waals surface area contributed by atoms with Gasteiger partial charge in [0.25, 0.3) is 0 Å². The van der Waals surface area contributed by atoms with Crippen molar-refractivity contribution in [3.8, 4) is 0 Å². The van der Waals surface area contributed by atoms with Crippen LogP contribution in [-0.2, 0) is 6.54 Å². The Balaban J connectivity index is 1.73. The molecule has 1 aliphatic heterocycles. The van der Waals surface area contributed by atoms with Gasteiger partial charge in [0.2, 0.25) is 0 Å². The Morgan fingerprint density at radius 2 is 1.48 bits per heavy atom. The highest BCUT2D eigenvalue weighted by atomic mass is 16.1. The van der Waals surface area contributed by atoms with Crippen molar-refractivity contribution in [2.24, 2.45) is 0 Å². The highest BCUT2D eigenvalue weighted by molar-refractivity contribution is 6.14. The summed E-state index contributed by atoms with van der Waals surface area (Å²) >= 11 is 0. The molecule has 0 bridgehead atoms. The van der Waals surface area contributed by atoms with Crippen molar-refractivity contribution in [1.29, 1.82) is 0 Å². The molecular formula is C27H25NO. The summed E-state index contributed by atoms with van der Waals surface area (Å²) in [5.74, 6) is 0.182. The Labute approximate surface area is 172 Å². The molecule has 2 nitrogen and oxygen atoms in total. The number of hydrogen-bond donors (Lipinski definition) is 0. The number of benzene rings is 3. The third-order valence-electron chi connectivity index (χ3n) is 5.61. The molecule has 144 valence electrons. The number of fused-ring (bicyclic) bond motifs is 1. The molecule has 0 spiro atoms. The lowest BCUT2D eigenvalue weighted by molar-refractivity contribution is 0.0901. The van der Waals surface area contributed by atoms with E-state index in [4.69, 9.17) is 0 Å². The average molecular weight is 380 g/mol. The first-order valence-corrected chi connectivity index (χ1v) is 10.0. The van der Waals surface area contributed by atoms with E-state index in [1.807, 2.05) is 60.7 Å². The van der Waals surface area contributed by atoms with Gasteiger partial charge in [0.1, 0.15) is 5.54 Å². The second-order valence-electron chi connectivity index (χ2n) is 7.46. The second-order valence-corrected chi connectivity index (χ2v) is 7.46. The summed E-state index contributed by atoms with van der Waals surface area (Å²) in [5, 5.41) is 0. The van der Waals surface area contributed by atoms with Crippen molar-refractivity contribution in [2.75, 3.05) is 4.90 Å². The number of nitrogens with zero attached hydrogens (tertiary/aromatic N) is 1. The molecule has 0 unspecified atom stereocenters. The molecule has 2 heteroatoms. The van der Waals surface area contributed by atoms with E-state index in [0.29, 0.717) is 19.4 Å². The van der Waals surface area contributed by atoms with Crippen LogP contribution in [-0.4, -0.2) is 11.3 Å². The van der Waals surface area contributed by atoms with Crippen molar-refractivity contribution in [3.63, 3.8) is 0 Å². The maximum Gasteiger partial charge on any atom is 0.191 e. The zero-order chi connectivity index (χ0) is 20.1. The topological polar surface area (TPSA) is 20.3 Å². The second kappa shape index (κ2) is 8.32. The third-order valence-corrected chi connectivity index (χ3v) is 5.61. The number of Topliss-reactive ketones (excluding diaryl/α,β-unsaturated/α-hetero) is 1. The smallest absolute Gasteiger partial charge is 0.191 e. The van der Waals surface area contributed by atoms with Crippen LogP contribution in [0.15, 0.2) is 104 Å². The zero-order valence-electron chi connectivity index (χ0n) is 16.5. The largest absolute Gasteiger partial charge is 0.353 e. The normalized spacial score (nSPS) is 18.2. The minimum Gasteiger partial charge on any atom is -0.353 e. The molecule has 0 saturated carbocycles. The molecule has 0 aliphatic carbocycles. The first kappa shape index (κ1) is 18.9. The van der Waals surface area contributed by atoms with Crippen molar-refractivity contribution in [3.05, 3.63) is 120 Å². The summed E-state index contributed by atoms with van der Waals surface area (Å²) < 4.78 is 0. The van der Waals surface area contributed by atoms with Gasteiger partial charge in [-0.3, -0.25) is 4.79 Å². The molecule has 1 aliphatic rings. The van der Waals surface area contributed by atoms with E-state index in [1.54, 1.807) is 0 Å². The van der Waals surface area contributed by atoms with Crippen molar-refractivity contribution in [2.45, 2.75) is 24.9 Å². The van der Waals surface area contributed by atoms with Gasteiger partial charge < -0.3 is 4.90 Å². The quantitative estimate of drug-likeness (QED) is 0.449. The van der Waals surface area contributed by atoms with Gasteiger partial charge in [-0.15, -0.1) is 6.58 Å². The maximum absolute atomic E-state index is 13.6. The Morgan fingerprint density at radius 1 is 0.828 bits per heavy atom. The Bertz CT molecular complexity index is 1020. The first-order valence-electron chi connectivity index (χ1n) is 10.0. The van der Waals surface area contributed by atoms with Crippen LogP contribution in [0.2, 0.25) is 0 Å². The number of ketones is 1. The van der Waals surface area contributed by atoms with E-state index in [2.05, 4.69) is 54.0 Å². The summed E-state index contributed by atoms with van der Waals surface area (Å²) in [5.41, 5.74) is 3.50. The fraction of sp³-hybridized carbons (Fsp3) is 0.148. The van der Waals surface area contributed by atoms with Crippen LogP contribution in [0.5, 0.6) is 0 Å². The summed E-state index contributed by atoms with van der Waals surface area (Å²) in [7, 11) is 0. The molecule has 0 radical (unpaired) electrons. The lowest BCUT2D eigenvalue weighted by Gasteiger charge is -2.38. The molecule has 1 heterocycles. The summed E-state index contributed by atoms with van der Waals surface area (Å²) in [4.78, 5) is 15.9. The molecule has 1 atom stereocenters. The number of carbonyl (C=O) groups is 1. The van der Waals surface area contributed by atoms with Gasteiger partial charge in [-0.25, -0.2) is 0 Å². The third kappa shape index (κ3) is 3.66. The number of para-hydroxylation sites is 1. The lowest BCUT2D eigenvalue weighted by Crippen LogP contribution is -2.49. The standard InChI is InChI=1S/C27H25NO/c1-2-19-27(20-11-16-22-12-5-3-6-13-22)26(29)24-17-9-10-18-25(24)28(27)21-23-14-7-4-8-15-23/h2-18H,1,19-21H2/b16-11-/t27-/m0/s1. The van der Waals surface area contributed by atoms with Crippen molar-refractivity contribution >= 4 is 17.5 Å². The van der Waals surface area contributed by atoms with Crippen LogP contribution in [0.4, 0.5) is 5.69 Å². The summed E-state index contributed by atoms with van der Waals surface area (Å²) in [6, 6.07) is 28.5. The predicted octanol–water partition coefficient (Wildman–Crippen LogP) is 6.31. The highest BCUT2D eigenvalue weighted by Gasteiger charge is 2.49. The Hall–Kier alpha value is -3.39. The van der Waals surface area contributed by atoms with Gasteiger partial charge in [-0.2, -0.15) is 0 Å². The molecule has 0 fully saturated rings. The number of hydrogen-bond acceptors (Lipinski definition) is 2. The van der Waals surface area contributed by atoms with E-state index >= 15 is 0 Å². The highest BCUT2D eigenvalue weighted by Crippen LogP contribution is 2.44. The summed E-state index contributed by atoms with van der Waals surface area (Å²) in [6.45, 7) is 4.66. The van der Waals surface area contributed by atoms with Crippen LogP contribution in [0, 0.1) is 0 Å².